The molecule has 0 amide bonds. The first kappa shape index (κ1) is 39.1. The van der Waals surface area contributed by atoms with E-state index in [0.717, 1.165) is 52.5 Å². The lowest BCUT2D eigenvalue weighted by atomic mass is 9.85. The van der Waals surface area contributed by atoms with Crippen molar-refractivity contribution in [2.24, 2.45) is 0 Å². The summed E-state index contributed by atoms with van der Waals surface area (Å²) in [6.45, 7) is 7.92. The number of carboxylic acid groups (broad SMARTS) is 1. The first-order valence-electron chi connectivity index (χ1n) is 17.6. The van der Waals surface area contributed by atoms with Crippen LogP contribution in [-0.2, 0) is 38.5 Å². The summed E-state index contributed by atoms with van der Waals surface area (Å²) < 4.78 is 77.7. The number of carbonyl (C=O) groups is 1. The third-order valence-corrected chi connectivity index (χ3v) is 10.4. The van der Waals surface area contributed by atoms with Gasteiger partial charge in [-0.25, -0.2) is 4.79 Å². The Hall–Kier alpha value is -4.64. The minimum absolute atomic E-state index is 0.206. The van der Waals surface area contributed by atoms with Gasteiger partial charge < -0.3 is 5.11 Å². The fourth-order valence-corrected chi connectivity index (χ4v) is 7.78. The number of hydrogen-bond donors (Lipinski definition) is 1. The highest BCUT2D eigenvalue weighted by molar-refractivity contribution is 6.31. The summed E-state index contributed by atoms with van der Waals surface area (Å²) in [4.78, 5) is 15.7. The highest BCUT2D eigenvalue weighted by Gasteiger charge is 2.32. The lowest BCUT2D eigenvalue weighted by molar-refractivity contribution is -0.138. The van der Waals surface area contributed by atoms with Gasteiger partial charge in [0.15, 0.2) is 0 Å². The molecule has 0 aliphatic carbocycles. The normalized spacial score (nSPS) is 17.6. The largest absolute Gasteiger partial charge is 0.478 e. The van der Waals surface area contributed by atoms with Gasteiger partial charge in [0.1, 0.15) is 0 Å². The monoisotopic (exact) mass is 764 g/mol. The molecule has 2 aliphatic rings. The van der Waals surface area contributed by atoms with E-state index in [-0.39, 0.29) is 11.5 Å². The summed E-state index contributed by atoms with van der Waals surface area (Å²) in [7, 11) is 0. The zero-order valence-corrected chi connectivity index (χ0v) is 30.4. The van der Waals surface area contributed by atoms with Gasteiger partial charge in [-0.05, 0) is 86.7 Å². The molecule has 2 heterocycles. The first-order chi connectivity index (χ1) is 25.6. The second-order valence-electron chi connectivity index (χ2n) is 14.1. The summed E-state index contributed by atoms with van der Waals surface area (Å²) in [5.74, 6) is -0.466. The molecule has 0 aromatic heterocycles. The minimum Gasteiger partial charge on any atom is -0.478 e. The van der Waals surface area contributed by atoms with E-state index in [1.54, 1.807) is 30.3 Å². The molecule has 2 atom stereocenters. The van der Waals surface area contributed by atoms with Crippen LogP contribution in [0.5, 0.6) is 0 Å². The molecule has 0 saturated heterocycles. The van der Waals surface area contributed by atoms with Gasteiger partial charge >= 0.3 is 18.3 Å². The summed E-state index contributed by atoms with van der Waals surface area (Å²) in [6, 6.07) is 29.7. The standard InChI is InChI=1S/C25H22F3NO2.C18H17ClF3N/c1-16-13-29(14-17-5-2-8-20(11-17)25(26,27)28)15-23-21(16)9-4-10-22(23)18-6-3-7-19(12-18)24(30)31;1-12-9-23(11-16-15(12)6-3-7-17(16)19)10-13-4-2-5-14(8-13)18(20,21)22/h2-12,16H,13-15H2,1H3,(H,30,31);2-8,12H,9-11H2,1H3. The lowest BCUT2D eigenvalue weighted by Gasteiger charge is -2.34. The Morgan fingerprint density at radius 1 is 0.667 bits per heavy atom. The molecule has 5 aromatic carbocycles. The van der Waals surface area contributed by atoms with Gasteiger partial charge in [-0.3, -0.25) is 9.80 Å². The van der Waals surface area contributed by atoms with Gasteiger partial charge in [0.05, 0.1) is 16.7 Å². The van der Waals surface area contributed by atoms with Crippen LogP contribution in [0.2, 0.25) is 5.02 Å². The van der Waals surface area contributed by atoms with E-state index in [1.165, 1.54) is 35.4 Å². The molecule has 54 heavy (non-hydrogen) atoms. The molecule has 1 N–H and O–H groups in total. The van der Waals surface area contributed by atoms with Crippen LogP contribution < -0.4 is 0 Å². The molecule has 0 bridgehead atoms. The van der Waals surface area contributed by atoms with Crippen molar-refractivity contribution < 1.29 is 36.2 Å². The molecular weight excluding hydrogens is 726 g/mol. The molecule has 0 fully saturated rings. The fourth-order valence-electron chi connectivity index (χ4n) is 7.53. The maximum Gasteiger partial charge on any atom is 0.416 e. The Bertz CT molecular complexity index is 2130. The van der Waals surface area contributed by atoms with Crippen LogP contribution in [-0.4, -0.2) is 34.0 Å². The van der Waals surface area contributed by atoms with Crippen LogP contribution in [0.1, 0.15) is 80.5 Å². The number of benzene rings is 5. The Kier molecular flexibility index (Phi) is 11.6. The van der Waals surface area contributed by atoms with Crippen molar-refractivity contribution >= 4 is 17.6 Å². The SMILES string of the molecule is CC1CN(Cc2cccc(C(F)(F)F)c2)Cc2c(-c3cccc(C(=O)O)c3)cccc21.CC1CN(Cc2cccc(C(F)(F)F)c2)Cc2c(Cl)cccc21. The van der Waals surface area contributed by atoms with Crippen LogP contribution in [0.25, 0.3) is 11.1 Å². The Morgan fingerprint density at radius 2 is 1.15 bits per heavy atom. The number of rotatable bonds is 6. The molecule has 0 spiro atoms. The van der Waals surface area contributed by atoms with E-state index in [0.29, 0.717) is 43.2 Å². The summed E-state index contributed by atoms with van der Waals surface area (Å²) in [6.07, 6.45) is -8.67. The van der Waals surface area contributed by atoms with Crippen LogP contribution in [0, 0.1) is 0 Å². The zero-order chi connectivity index (χ0) is 38.8. The fraction of sp³-hybridized carbons (Fsp3) is 0.279. The van der Waals surface area contributed by atoms with Gasteiger partial charge in [-0.2, -0.15) is 26.3 Å². The van der Waals surface area contributed by atoms with E-state index in [1.807, 2.05) is 30.3 Å². The zero-order valence-electron chi connectivity index (χ0n) is 29.7. The first-order valence-corrected chi connectivity index (χ1v) is 17.9. The Morgan fingerprint density at radius 3 is 1.69 bits per heavy atom. The average molecular weight is 765 g/mol. The maximum atomic E-state index is 13.1. The third-order valence-electron chi connectivity index (χ3n) is 10.00. The summed E-state index contributed by atoms with van der Waals surface area (Å²) >= 11 is 6.29. The van der Waals surface area contributed by atoms with Gasteiger partial charge in [0, 0.05) is 44.3 Å². The quantitative estimate of drug-likeness (QED) is 0.175. The van der Waals surface area contributed by atoms with Crippen molar-refractivity contribution in [2.75, 3.05) is 13.1 Å². The number of alkyl halides is 6. The molecule has 0 radical (unpaired) electrons. The highest BCUT2D eigenvalue weighted by Crippen LogP contribution is 2.38. The van der Waals surface area contributed by atoms with Gasteiger partial charge in [-0.15, -0.1) is 0 Å². The molecule has 4 nitrogen and oxygen atoms in total. The van der Waals surface area contributed by atoms with Crippen molar-refractivity contribution in [1.29, 1.82) is 0 Å². The van der Waals surface area contributed by atoms with Crippen molar-refractivity contribution in [3.8, 4) is 11.1 Å². The van der Waals surface area contributed by atoms with Crippen LogP contribution in [0.3, 0.4) is 0 Å². The molecule has 11 heteroatoms. The number of fused-ring (bicyclic) bond motifs is 2. The van der Waals surface area contributed by atoms with Crippen molar-refractivity contribution in [2.45, 2.75) is 64.2 Å². The smallest absolute Gasteiger partial charge is 0.416 e. The van der Waals surface area contributed by atoms with E-state index in [4.69, 9.17) is 11.6 Å². The maximum absolute atomic E-state index is 13.1. The molecule has 5 aromatic rings. The predicted molar refractivity (Wildman–Crippen MR) is 198 cm³/mol. The van der Waals surface area contributed by atoms with Crippen molar-refractivity contribution in [3.63, 3.8) is 0 Å². The van der Waals surface area contributed by atoms with Crippen LogP contribution >= 0.6 is 11.6 Å². The second kappa shape index (κ2) is 16.0. The van der Waals surface area contributed by atoms with Crippen LogP contribution in [0.4, 0.5) is 26.3 Å². The molecule has 282 valence electrons. The van der Waals surface area contributed by atoms with E-state index >= 15 is 0 Å². The second-order valence-corrected chi connectivity index (χ2v) is 14.5. The van der Waals surface area contributed by atoms with Gasteiger partial charge in [0.2, 0.25) is 0 Å². The average Bonchev–Trinajstić information content (AvgIpc) is 3.12. The van der Waals surface area contributed by atoms with Crippen molar-refractivity contribution in [3.05, 3.63) is 164 Å². The molecule has 2 unspecified atom stereocenters. The Labute approximate surface area is 315 Å². The third kappa shape index (κ3) is 9.17. The van der Waals surface area contributed by atoms with Crippen molar-refractivity contribution in [1.82, 2.24) is 9.80 Å². The van der Waals surface area contributed by atoms with E-state index in [9.17, 15) is 36.2 Å². The molecule has 2 aliphatic heterocycles. The number of halogens is 7. The number of carboxylic acids is 1. The van der Waals surface area contributed by atoms with Gasteiger partial charge in [-0.1, -0.05) is 104 Å². The minimum atomic E-state index is -4.36. The number of nitrogens with zero attached hydrogens (tertiary/aromatic N) is 2. The molecule has 0 saturated carbocycles. The predicted octanol–water partition coefficient (Wildman–Crippen LogP) is 11.7. The molecule has 7 rings (SSSR count). The van der Waals surface area contributed by atoms with Gasteiger partial charge in [0.25, 0.3) is 0 Å². The number of hydrogen-bond acceptors (Lipinski definition) is 3. The highest BCUT2D eigenvalue weighted by atomic mass is 35.5. The lowest BCUT2D eigenvalue weighted by Crippen LogP contribution is -2.32. The van der Waals surface area contributed by atoms with E-state index < -0.39 is 29.4 Å². The molecular formula is C43H39ClF6N2O2. The summed E-state index contributed by atoms with van der Waals surface area (Å²) in [5, 5.41) is 10.1. The Balaban J connectivity index is 0.000000193. The van der Waals surface area contributed by atoms with Crippen LogP contribution in [0.15, 0.2) is 109 Å². The topological polar surface area (TPSA) is 43.8 Å². The summed E-state index contributed by atoms with van der Waals surface area (Å²) in [5.41, 5.74) is 6.66. The van der Waals surface area contributed by atoms with E-state index in [2.05, 4.69) is 35.8 Å². The number of aromatic carboxylic acids is 1.